The van der Waals surface area contributed by atoms with Gasteiger partial charge in [0.05, 0.1) is 0 Å². The summed E-state index contributed by atoms with van der Waals surface area (Å²) in [6.07, 6.45) is 0. The van der Waals surface area contributed by atoms with E-state index in [2.05, 4.69) is 181 Å². The fraction of sp³-hybridized carbons (Fsp3) is 0. The Hall–Kier alpha value is -6.12. The normalized spacial score (nSPS) is 11.0. The maximum atomic E-state index is 6.15. The first-order valence-corrected chi connectivity index (χ1v) is 15.6. The highest BCUT2D eigenvalue weighted by atomic mass is 16.3. The second-order valence-corrected chi connectivity index (χ2v) is 11.3. The average Bonchev–Trinajstić information content (AvgIpc) is 3.51. The molecule has 0 fully saturated rings. The van der Waals surface area contributed by atoms with Crippen LogP contribution in [0.4, 0.5) is 17.1 Å². The van der Waals surface area contributed by atoms with Gasteiger partial charge in [0.25, 0.3) is 0 Å². The fourth-order valence-corrected chi connectivity index (χ4v) is 6.38. The molecule has 8 aromatic rings. The van der Waals surface area contributed by atoms with Crippen LogP contribution in [0.15, 0.2) is 192 Å². The zero-order valence-electron chi connectivity index (χ0n) is 25.3. The maximum absolute atomic E-state index is 6.15. The molecule has 0 spiro atoms. The van der Waals surface area contributed by atoms with Gasteiger partial charge in [-0.3, -0.25) is 0 Å². The van der Waals surface area contributed by atoms with E-state index in [0.717, 1.165) is 44.6 Å². The predicted molar refractivity (Wildman–Crippen MR) is 193 cm³/mol. The van der Waals surface area contributed by atoms with Gasteiger partial charge in [-0.15, -0.1) is 0 Å². The molecule has 8 rings (SSSR count). The molecule has 2 heteroatoms. The largest absolute Gasteiger partial charge is 0.456 e. The monoisotopic (exact) mass is 589 g/mol. The molecule has 2 nitrogen and oxygen atoms in total. The molecule has 0 radical (unpaired) electrons. The van der Waals surface area contributed by atoms with Gasteiger partial charge in [0, 0.05) is 27.8 Å². The summed E-state index contributed by atoms with van der Waals surface area (Å²) in [7, 11) is 0. The van der Waals surface area contributed by atoms with Crippen LogP contribution in [0.3, 0.4) is 0 Å². The Labute approximate surface area is 269 Å². The van der Waals surface area contributed by atoms with Gasteiger partial charge in [-0.05, 0) is 81.9 Å². The molecule has 0 atom stereocenters. The summed E-state index contributed by atoms with van der Waals surface area (Å²) >= 11 is 0. The van der Waals surface area contributed by atoms with Gasteiger partial charge in [0.15, 0.2) is 0 Å². The van der Waals surface area contributed by atoms with Crippen molar-refractivity contribution in [2.45, 2.75) is 0 Å². The average molecular weight is 590 g/mol. The predicted octanol–water partition coefficient (Wildman–Crippen LogP) is 12.1. The maximum Gasteiger partial charge on any atom is 0.135 e. The van der Waals surface area contributed by atoms with E-state index in [1.807, 2.05) is 12.1 Å². The summed E-state index contributed by atoms with van der Waals surface area (Å²) < 4.78 is 6.15. The van der Waals surface area contributed by atoms with E-state index in [0.29, 0.717) is 0 Å². The Balaban J connectivity index is 1.31. The van der Waals surface area contributed by atoms with Gasteiger partial charge < -0.3 is 9.32 Å². The van der Waals surface area contributed by atoms with E-state index >= 15 is 0 Å². The molecular weight excluding hydrogens is 558 g/mol. The molecule has 1 aromatic heterocycles. The molecule has 0 saturated heterocycles. The molecule has 218 valence electrons. The molecule has 46 heavy (non-hydrogen) atoms. The van der Waals surface area contributed by atoms with Crippen LogP contribution in [0, 0.1) is 0 Å². The molecule has 0 aliphatic heterocycles. The molecule has 0 aliphatic carbocycles. The SMILES string of the molecule is c1ccc(C(=C(c2ccccc2)c2ccc(N(c3ccccc3)c3ccc4oc5ccccc5c4c3)cc2)c2ccccc2)cc1. The molecular formula is C44H31NO. The Morgan fingerprint density at radius 3 is 1.30 bits per heavy atom. The van der Waals surface area contributed by atoms with Crippen molar-refractivity contribution < 1.29 is 4.42 Å². The van der Waals surface area contributed by atoms with Crippen LogP contribution in [-0.4, -0.2) is 0 Å². The third-order valence-electron chi connectivity index (χ3n) is 8.48. The molecule has 0 N–H and O–H groups in total. The lowest BCUT2D eigenvalue weighted by Crippen LogP contribution is -2.09. The van der Waals surface area contributed by atoms with Crippen molar-refractivity contribution in [2.24, 2.45) is 0 Å². The zero-order chi connectivity index (χ0) is 30.7. The first-order chi connectivity index (χ1) is 22.8. The van der Waals surface area contributed by atoms with Gasteiger partial charge >= 0.3 is 0 Å². The second-order valence-electron chi connectivity index (χ2n) is 11.3. The third-order valence-corrected chi connectivity index (χ3v) is 8.48. The number of hydrogen-bond acceptors (Lipinski definition) is 2. The lowest BCUT2D eigenvalue weighted by atomic mass is 9.86. The summed E-state index contributed by atoms with van der Waals surface area (Å²) in [6, 6.07) is 66.3. The highest BCUT2D eigenvalue weighted by molar-refractivity contribution is 6.07. The number of benzene rings is 7. The van der Waals surface area contributed by atoms with E-state index in [4.69, 9.17) is 4.42 Å². The third kappa shape index (κ3) is 5.16. The summed E-state index contributed by atoms with van der Waals surface area (Å²) in [5, 5.41) is 2.23. The molecule has 0 unspecified atom stereocenters. The molecule has 7 aromatic carbocycles. The van der Waals surface area contributed by atoms with Crippen LogP contribution in [0.25, 0.3) is 33.1 Å². The topological polar surface area (TPSA) is 16.4 Å². The van der Waals surface area contributed by atoms with Crippen LogP contribution in [0.1, 0.15) is 22.3 Å². The van der Waals surface area contributed by atoms with Gasteiger partial charge in [0.2, 0.25) is 0 Å². The first-order valence-electron chi connectivity index (χ1n) is 15.6. The van der Waals surface area contributed by atoms with E-state index in [1.165, 1.54) is 27.8 Å². The Morgan fingerprint density at radius 2 is 0.739 bits per heavy atom. The number of rotatable bonds is 7. The van der Waals surface area contributed by atoms with Crippen molar-refractivity contribution in [1.82, 2.24) is 0 Å². The minimum Gasteiger partial charge on any atom is -0.456 e. The zero-order valence-corrected chi connectivity index (χ0v) is 25.3. The van der Waals surface area contributed by atoms with Crippen molar-refractivity contribution in [3.63, 3.8) is 0 Å². The molecule has 0 amide bonds. The van der Waals surface area contributed by atoms with Crippen LogP contribution in [-0.2, 0) is 0 Å². The van der Waals surface area contributed by atoms with E-state index in [9.17, 15) is 0 Å². The minimum absolute atomic E-state index is 0.889. The van der Waals surface area contributed by atoms with E-state index < -0.39 is 0 Å². The first kappa shape index (κ1) is 27.4. The molecule has 0 bridgehead atoms. The van der Waals surface area contributed by atoms with Crippen LogP contribution < -0.4 is 4.90 Å². The number of nitrogens with zero attached hydrogens (tertiary/aromatic N) is 1. The Morgan fingerprint density at radius 1 is 0.326 bits per heavy atom. The standard InChI is InChI=1S/C44H31NO/c1-5-15-32(16-6-1)43(33-17-7-2-8-18-33)44(34-19-9-3-10-20-34)35-25-27-37(28-26-35)45(36-21-11-4-12-22-36)38-29-30-42-40(31-38)39-23-13-14-24-41(39)46-42/h1-31H. The molecule has 0 aliphatic rings. The lowest BCUT2D eigenvalue weighted by molar-refractivity contribution is 0.669. The van der Waals surface area contributed by atoms with Crippen molar-refractivity contribution in [2.75, 3.05) is 4.90 Å². The summed E-state index contributed by atoms with van der Waals surface area (Å²) in [4.78, 5) is 2.31. The van der Waals surface area contributed by atoms with Gasteiger partial charge in [-0.25, -0.2) is 0 Å². The van der Waals surface area contributed by atoms with Crippen molar-refractivity contribution in [3.05, 3.63) is 210 Å². The summed E-state index contributed by atoms with van der Waals surface area (Å²) in [5.74, 6) is 0. The number of para-hydroxylation sites is 2. The highest BCUT2D eigenvalue weighted by Gasteiger charge is 2.18. The van der Waals surface area contributed by atoms with Gasteiger partial charge in [-0.2, -0.15) is 0 Å². The van der Waals surface area contributed by atoms with E-state index in [1.54, 1.807) is 0 Å². The lowest BCUT2D eigenvalue weighted by Gasteiger charge is -2.26. The van der Waals surface area contributed by atoms with Crippen molar-refractivity contribution >= 4 is 50.1 Å². The van der Waals surface area contributed by atoms with Crippen LogP contribution in [0.2, 0.25) is 0 Å². The summed E-state index contributed by atoms with van der Waals surface area (Å²) in [5.41, 5.74) is 12.1. The number of anilines is 3. The number of furan rings is 1. The van der Waals surface area contributed by atoms with Crippen molar-refractivity contribution in [1.29, 1.82) is 0 Å². The Bertz CT molecular complexity index is 2230. The van der Waals surface area contributed by atoms with Gasteiger partial charge in [0.1, 0.15) is 11.2 Å². The number of fused-ring (bicyclic) bond motifs is 3. The molecule has 1 heterocycles. The smallest absolute Gasteiger partial charge is 0.135 e. The van der Waals surface area contributed by atoms with Crippen LogP contribution >= 0.6 is 0 Å². The molecule has 0 saturated carbocycles. The highest BCUT2D eigenvalue weighted by Crippen LogP contribution is 2.41. The van der Waals surface area contributed by atoms with Gasteiger partial charge in [-0.1, -0.05) is 140 Å². The van der Waals surface area contributed by atoms with Crippen molar-refractivity contribution in [3.8, 4) is 0 Å². The van der Waals surface area contributed by atoms with E-state index in [-0.39, 0.29) is 0 Å². The fourth-order valence-electron chi connectivity index (χ4n) is 6.38. The number of hydrogen-bond donors (Lipinski definition) is 0. The minimum atomic E-state index is 0.889. The van der Waals surface area contributed by atoms with Crippen LogP contribution in [0.5, 0.6) is 0 Å². The second kappa shape index (κ2) is 12.1. The Kier molecular flexibility index (Phi) is 7.22. The quantitative estimate of drug-likeness (QED) is 0.172. The summed E-state index contributed by atoms with van der Waals surface area (Å²) in [6.45, 7) is 0.